The summed E-state index contributed by atoms with van der Waals surface area (Å²) < 4.78 is 41.4. The minimum absolute atomic E-state index is 0.0520. The van der Waals surface area contributed by atoms with Gasteiger partial charge in [-0.1, -0.05) is 29.5 Å². The quantitative estimate of drug-likeness (QED) is 0.228. The summed E-state index contributed by atoms with van der Waals surface area (Å²) in [5.41, 5.74) is 1.28. The zero-order valence-corrected chi connectivity index (χ0v) is 23.0. The topological polar surface area (TPSA) is 138 Å². The van der Waals surface area contributed by atoms with E-state index in [1.54, 1.807) is 30.6 Å². The van der Waals surface area contributed by atoms with Crippen LogP contribution in [0.25, 0.3) is 0 Å². The molecule has 1 atom stereocenters. The number of alkyl halides is 3. The van der Waals surface area contributed by atoms with Gasteiger partial charge < -0.3 is 25.4 Å². The third-order valence-electron chi connectivity index (χ3n) is 6.47. The van der Waals surface area contributed by atoms with Gasteiger partial charge in [0.15, 0.2) is 11.6 Å². The van der Waals surface area contributed by atoms with E-state index in [0.29, 0.717) is 22.3 Å². The summed E-state index contributed by atoms with van der Waals surface area (Å²) >= 11 is 1.34. The van der Waals surface area contributed by atoms with Crippen LogP contribution in [0.4, 0.5) is 29.9 Å². The van der Waals surface area contributed by atoms with E-state index in [-0.39, 0.29) is 30.4 Å². The van der Waals surface area contributed by atoms with Gasteiger partial charge in [0.05, 0.1) is 6.42 Å². The Bertz CT molecular complexity index is 1470. The maximum absolute atomic E-state index is 12.5. The molecule has 42 heavy (non-hydrogen) atoms. The van der Waals surface area contributed by atoms with Crippen molar-refractivity contribution in [2.24, 2.45) is 0 Å². The van der Waals surface area contributed by atoms with Crippen molar-refractivity contribution in [1.29, 1.82) is 0 Å². The van der Waals surface area contributed by atoms with Crippen LogP contribution in [0.5, 0.6) is 5.75 Å². The maximum Gasteiger partial charge on any atom is 0.573 e. The number of aromatic nitrogens is 5. The van der Waals surface area contributed by atoms with Crippen LogP contribution in [0.15, 0.2) is 60.9 Å². The van der Waals surface area contributed by atoms with E-state index in [2.05, 4.69) is 45.6 Å². The molecule has 5 rings (SSSR count). The summed E-state index contributed by atoms with van der Waals surface area (Å²) in [5.74, 6) is 0.727. The van der Waals surface area contributed by atoms with Gasteiger partial charge in [-0.15, -0.1) is 33.6 Å². The first kappa shape index (κ1) is 29.1. The van der Waals surface area contributed by atoms with E-state index in [1.807, 2.05) is 12.1 Å². The lowest BCUT2D eigenvalue weighted by molar-refractivity contribution is -0.274. The average Bonchev–Trinajstić information content (AvgIpc) is 3.41. The number of ether oxygens (including phenoxy) is 1. The fraction of sp³-hybridized carbons (Fsp3) is 0.333. The fourth-order valence-corrected chi connectivity index (χ4v) is 5.49. The van der Waals surface area contributed by atoms with Crippen LogP contribution < -0.4 is 20.3 Å². The number of hydrogen-bond acceptors (Lipinski definition) is 11. The number of nitrogens with one attached hydrogen (secondary N) is 2. The predicted molar refractivity (Wildman–Crippen MR) is 149 cm³/mol. The van der Waals surface area contributed by atoms with Crippen molar-refractivity contribution in [3.05, 3.63) is 77.1 Å². The smallest absolute Gasteiger partial charge is 0.406 e. The van der Waals surface area contributed by atoms with Crippen LogP contribution in [-0.2, 0) is 17.6 Å². The number of nitrogens with zero attached hydrogens (tertiary/aromatic N) is 6. The Labute approximate surface area is 242 Å². The second kappa shape index (κ2) is 13.1. The molecule has 1 aromatic carbocycles. The lowest BCUT2D eigenvalue weighted by Gasteiger charge is -2.31. The number of hydrogen-bond donors (Lipinski definition) is 3. The Morgan fingerprint density at radius 3 is 2.60 bits per heavy atom. The first-order valence-electron chi connectivity index (χ1n) is 13.1. The average molecular weight is 601 g/mol. The van der Waals surface area contributed by atoms with E-state index in [0.717, 1.165) is 36.5 Å². The molecule has 1 aliphatic rings. The van der Waals surface area contributed by atoms with Gasteiger partial charge in [-0.2, -0.15) is 0 Å². The van der Waals surface area contributed by atoms with E-state index in [9.17, 15) is 23.1 Å². The number of carbonyl (C=O) groups excluding carboxylic acids is 1. The SMILES string of the molecule is O=C(Cc1cccnc1)Nc1ccc(N2CCC(c3nnc(NC(O)Cc4cccc(OC(F)(F)F)c4)s3)CC2)nn1. The Hall–Kier alpha value is -4.37. The first-order valence-corrected chi connectivity index (χ1v) is 13.9. The molecule has 0 radical (unpaired) electrons. The Morgan fingerprint density at radius 2 is 1.88 bits per heavy atom. The number of aliphatic hydroxyl groups excluding tert-OH is 1. The fourth-order valence-electron chi connectivity index (χ4n) is 4.54. The normalized spacial score (nSPS) is 14.8. The number of benzene rings is 1. The largest absolute Gasteiger partial charge is 0.573 e. The number of amides is 1. The molecule has 1 unspecified atom stereocenters. The lowest BCUT2D eigenvalue weighted by Crippen LogP contribution is -2.33. The molecule has 0 bridgehead atoms. The van der Waals surface area contributed by atoms with Crippen molar-refractivity contribution in [3.8, 4) is 5.75 Å². The van der Waals surface area contributed by atoms with Gasteiger partial charge in [-0.3, -0.25) is 9.78 Å². The van der Waals surface area contributed by atoms with E-state index in [4.69, 9.17) is 0 Å². The van der Waals surface area contributed by atoms with Gasteiger partial charge in [-0.25, -0.2) is 0 Å². The number of piperidine rings is 1. The zero-order valence-electron chi connectivity index (χ0n) is 22.2. The highest BCUT2D eigenvalue weighted by molar-refractivity contribution is 7.15. The third kappa shape index (κ3) is 8.33. The van der Waals surface area contributed by atoms with Crippen molar-refractivity contribution in [2.75, 3.05) is 28.6 Å². The van der Waals surface area contributed by atoms with E-state index < -0.39 is 12.6 Å². The molecule has 0 aliphatic carbocycles. The summed E-state index contributed by atoms with van der Waals surface area (Å²) in [6, 6.07) is 12.6. The highest BCUT2D eigenvalue weighted by Gasteiger charge is 2.31. The van der Waals surface area contributed by atoms with Crippen LogP contribution in [-0.4, -0.2) is 62.1 Å². The summed E-state index contributed by atoms with van der Waals surface area (Å²) in [5, 5.41) is 34.1. The molecule has 1 aliphatic heterocycles. The van der Waals surface area contributed by atoms with E-state index >= 15 is 0 Å². The van der Waals surface area contributed by atoms with Crippen LogP contribution in [0.3, 0.4) is 0 Å². The van der Waals surface area contributed by atoms with Gasteiger partial charge >= 0.3 is 6.36 Å². The van der Waals surface area contributed by atoms with Gasteiger partial charge in [0, 0.05) is 37.8 Å². The molecule has 1 amide bonds. The molecule has 1 saturated heterocycles. The molecule has 11 nitrogen and oxygen atoms in total. The minimum atomic E-state index is -4.78. The number of rotatable bonds is 10. The van der Waals surface area contributed by atoms with Crippen LogP contribution in [0, 0.1) is 0 Å². The van der Waals surface area contributed by atoms with E-state index in [1.165, 1.54) is 29.5 Å². The highest BCUT2D eigenvalue weighted by atomic mass is 32.1. The Kier molecular flexibility index (Phi) is 9.07. The lowest BCUT2D eigenvalue weighted by atomic mass is 9.98. The molecule has 15 heteroatoms. The Balaban J connectivity index is 1.08. The van der Waals surface area contributed by atoms with Crippen LogP contribution in [0.2, 0.25) is 0 Å². The van der Waals surface area contributed by atoms with Crippen molar-refractivity contribution in [2.45, 2.75) is 44.2 Å². The molecular weight excluding hydrogens is 573 g/mol. The second-order valence-corrected chi connectivity index (χ2v) is 10.6. The predicted octanol–water partition coefficient (Wildman–Crippen LogP) is 4.16. The summed E-state index contributed by atoms with van der Waals surface area (Å²) in [6.45, 7) is 1.46. The number of pyridine rings is 1. The zero-order chi connectivity index (χ0) is 29.5. The first-order chi connectivity index (χ1) is 20.2. The number of carbonyl (C=O) groups is 1. The molecule has 4 aromatic rings. The standard InChI is InChI=1S/C27H27F3N8O3S/c28-27(29,30)41-20-5-1-3-17(13-20)14-24(40)33-26-37-36-25(42-26)19-8-11-38(12-9-19)22-7-6-21(34-35-22)32-23(39)15-18-4-2-10-31-16-18/h1-7,10,13,16,19,24,40H,8-9,11-12,14-15H2,(H,33,37)(H,32,34,39). The summed E-state index contributed by atoms with van der Waals surface area (Å²) in [4.78, 5) is 18.4. The number of halogens is 3. The van der Waals surface area contributed by atoms with Gasteiger partial charge in [-0.05, 0) is 54.3 Å². The van der Waals surface area contributed by atoms with Crippen molar-refractivity contribution in [3.63, 3.8) is 0 Å². The van der Waals surface area contributed by atoms with Crippen molar-refractivity contribution >= 4 is 34.0 Å². The number of aliphatic hydroxyl groups is 1. The van der Waals surface area contributed by atoms with Crippen molar-refractivity contribution < 1.29 is 27.8 Å². The van der Waals surface area contributed by atoms with Crippen molar-refractivity contribution in [1.82, 2.24) is 25.4 Å². The summed E-state index contributed by atoms with van der Waals surface area (Å²) in [6.07, 6.45) is -0.688. The third-order valence-corrected chi connectivity index (χ3v) is 7.48. The molecule has 3 aromatic heterocycles. The monoisotopic (exact) mass is 600 g/mol. The van der Waals surface area contributed by atoms with Gasteiger partial charge in [0.25, 0.3) is 0 Å². The highest BCUT2D eigenvalue weighted by Crippen LogP contribution is 2.33. The van der Waals surface area contributed by atoms with Gasteiger partial charge in [0.1, 0.15) is 17.0 Å². The molecular formula is C27H27F3N8O3S. The van der Waals surface area contributed by atoms with Crippen LogP contribution in [0.1, 0.15) is 34.9 Å². The maximum atomic E-state index is 12.5. The number of anilines is 3. The van der Waals surface area contributed by atoms with Crippen LogP contribution >= 0.6 is 11.3 Å². The molecule has 1 fully saturated rings. The minimum Gasteiger partial charge on any atom is -0.406 e. The Morgan fingerprint density at radius 1 is 1.07 bits per heavy atom. The molecule has 0 spiro atoms. The molecule has 3 N–H and O–H groups in total. The second-order valence-electron chi connectivity index (χ2n) is 9.63. The molecule has 220 valence electrons. The molecule has 4 heterocycles. The molecule has 0 saturated carbocycles. The summed E-state index contributed by atoms with van der Waals surface area (Å²) in [7, 11) is 0. The van der Waals surface area contributed by atoms with Gasteiger partial charge in [0.2, 0.25) is 11.0 Å².